The van der Waals surface area contributed by atoms with Crippen molar-refractivity contribution >= 4 is 0 Å². The number of nitrogens with zero attached hydrogens (tertiary/aromatic N) is 1. The summed E-state index contributed by atoms with van der Waals surface area (Å²) < 4.78 is 13.7. The van der Waals surface area contributed by atoms with E-state index in [1.54, 1.807) is 12.1 Å². The van der Waals surface area contributed by atoms with E-state index < -0.39 is 0 Å². The third-order valence-corrected chi connectivity index (χ3v) is 5.12. The largest absolute Gasteiger partial charge is 0.206 e. The highest BCUT2D eigenvalue weighted by atomic mass is 19.1. The lowest BCUT2D eigenvalue weighted by molar-refractivity contribution is 0.155. The van der Waals surface area contributed by atoms with Crippen molar-refractivity contribution in [3.8, 4) is 6.07 Å². The molecule has 19 heavy (non-hydrogen) atoms. The average Bonchev–Trinajstić information content (AvgIpc) is 2.46. The van der Waals surface area contributed by atoms with E-state index in [-0.39, 0.29) is 11.4 Å². The van der Waals surface area contributed by atoms with Crippen LogP contribution in [-0.2, 0) is 0 Å². The van der Waals surface area contributed by atoms with Crippen LogP contribution in [0.4, 0.5) is 4.39 Å². The number of benzene rings is 1. The maximum absolute atomic E-state index is 13.7. The summed E-state index contributed by atoms with van der Waals surface area (Å²) in [6.45, 7) is 0. The van der Waals surface area contributed by atoms with E-state index in [1.807, 2.05) is 12.1 Å². The van der Waals surface area contributed by atoms with Gasteiger partial charge in [0.15, 0.2) is 0 Å². The quantitative estimate of drug-likeness (QED) is 0.710. The zero-order valence-corrected chi connectivity index (χ0v) is 11.2. The fraction of sp³-hybridized carbons (Fsp3) is 0.588. The molecule has 0 radical (unpaired) electrons. The number of fused-ring (bicyclic) bond motifs is 1. The van der Waals surface area contributed by atoms with Crippen LogP contribution in [0.25, 0.3) is 0 Å². The molecule has 0 bridgehead atoms. The summed E-state index contributed by atoms with van der Waals surface area (Å²) in [5, 5.41) is 8.78. The SMILES string of the molecule is N#Cc1ccc(C2CCC3CCCCC3C2)cc1F. The second-order valence-corrected chi connectivity index (χ2v) is 6.17. The molecule has 1 aromatic carbocycles. The van der Waals surface area contributed by atoms with Crippen LogP contribution in [0.2, 0.25) is 0 Å². The average molecular weight is 257 g/mol. The van der Waals surface area contributed by atoms with Gasteiger partial charge in [0.05, 0.1) is 5.56 Å². The van der Waals surface area contributed by atoms with Gasteiger partial charge in [-0.3, -0.25) is 0 Å². The first-order valence-corrected chi connectivity index (χ1v) is 7.47. The Morgan fingerprint density at radius 1 is 1.05 bits per heavy atom. The normalized spacial score (nSPS) is 30.4. The maximum atomic E-state index is 13.7. The van der Waals surface area contributed by atoms with Gasteiger partial charge in [0, 0.05) is 0 Å². The molecule has 2 aliphatic rings. The van der Waals surface area contributed by atoms with Gasteiger partial charge in [-0.25, -0.2) is 4.39 Å². The fourth-order valence-corrected chi connectivity index (χ4v) is 4.05. The molecule has 0 saturated heterocycles. The van der Waals surface area contributed by atoms with Crippen LogP contribution < -0.4 is 0 Å². The molecule has 0 spiro atoms. The molecule has 2 heteroatoms. The lowest BCUT2D eigenvalue weighted by atomic mass is 9.66. The second kappa shape index (κ2) is 5.33. The molecular weight excluding hydrogens is 237 g/mol. The zero-order valence-electron chi connectivity index (χ0n) is 11.2. The Morgan fingerprint density at radius 3 is 2.58 bits per heavy atom. The van der Waals surface area contributed by atoms with Crippen molar-refractivity contribution in [3.05, 3.63) is 35.1 Å². The molecule has 0 N–H and O–H groups in total. The first kappa shape index (κ1) is 12.7. The van der Waals surface area contributed by atoms with Crippen molar-refractivity contribution < 1.29 is 4.39 Å². The summed E-state index contributed by atoms with van der Waals surface area (Å²) in [7, 11) is 0. The van der Waals surface area contributed by atoms with Crippen LogP contribution in [0, 0.1) is 29.0 Å². The molecule has 100 valence electrons. The molecule has 0 heterocycles. The van der Waals surface area contributed by atoms with Crippen LogP contribution in [0.1, 0.15) is 62.0 Å². The van der Waals surface area contributed by atoms with Gasteiger partial charge in [0.25, 0.3) is 0 Å². The molecule has 3 unspecified atom stereocenters. The third-order valence-electron chi connectivity index (χ3n) is 5.12. The van der Waals surface area contributed by atoms with Crippen LogP contribution in [0.3, 0.4) is 0 Å². The molecule has 3 rings (SSSR count). The highest BCUT2D eigenvalue weighted by Crippen LogP contribution is 2.46. The number of nitriles is 1. The number of halogens is 1. The Bertz CT molecular complexity index is 502. The molecule has 0 aliphatic heterocycles. The first-order chi connectivity index (χ1) is 9.28. The fourth-order valence-electron chi connectivity index (χ4n) is 4.05. The Labute approximate surface area is 114 Å². The number of rotatable bonds is 1. The summed E-state index contributed by atoms with van der Waals surface area (Å²) in [6.07, 6.45) is 9.24. The van der Waals surface area contributed by atoms with Crippen molar-refractivity contribution in [2.24, 2.45) is 11.8 Å². The summed E-state index contributed by atoms with van der Waals surface area (Å²) >= 11 is 0. The summed E-state index contributed by atoms with van der Waals surface area (Å²) in [5.74, 6) is 1.92. The molecule has 2 aliphatic carbocycles. The highest BCUT2D eigenvalue weighted by molar-refractivity contribution is 5.35. The van der Waals surface area contributed by atoms with Crippen molar-refractivity contribution in [2.45, 2.75) is 50.9 Å². The Kier molecular flexibility index (Phi) is 3.55. The molecule has 0 aromatic heterocycles. The smallest absolute Gasteiger partial charge is 0.141 e. The van der Waals surface area contributed by atoms with Gasteiger partial charge >= 0.3 is 0 Å². The lowest BCUT2D eigenvalue weighted by Crippen LogP contribution is -2.26. The Hall–Kier alpha value is -1.36. The van der Waals surface area contributed by atoms with Gasteiger partial charge in [0.1, 0.15) is 11.9 Å². The summed E-state index contributed by atoms with van der Waals surface area (Å²) in [5.41, 5.74) is 1.26. The first-order valence-electron chi connectivity index (χ1n) is 7.47. The standard InChI is InChI=1S/C17H20FN/c18-17-10-15(7-8-16(17)11-19)14-6-5-12-3-1-2-4-13(12)9-14/h7-8,10,12-14H,1-6,9H2. The maximum Gasteiger partial charge on any atom is 0.141 e. The van der Waals surface area contributed by atoms with Crippen LogP contribution in [-0.4, -0.2) is 0 Å². The molecule has 2 fully saturated rings. The Morgan fingerprint density at radius 2 is 1.84 bits per heavy atom. The predicted molar refractivity (Wildman–Crippen MR) is 73.2 cm³/mol. The molecular formula is C17H20FN. The Balaban J connectivity index is 1.76. The van der Waals surface area contributed by atoms with E-state index in [0.717, 1.165) is 17.4 Å². The van der Waals surface area contributed by atoms with E-state index in [1.165, 1.54) is 44.9 Å². The molecule has 3 atom stereocenters. The minimum atomic E-state index is -0.356. The van der Waals surface area contributed by atoms with Gasteiger partial charge in [-0.15, -0.1) is 0 Å². The minimum absolute atomic E-state index is 0.162. The van der Waals surface area contributed by atoms with E-state index in [2.05, 4.69) is 0 Å². The van der Waals surface area contributed by atoms with Gasteiger partial charge in [-0.05, 0) is 54.7 Å². The van der Waals surface area contributed by atoms with Crippen molar-refractivity contribution in [1.82, 2.24) is 0 Å². The summed E-state index contributed by atoms with van der Waals surface area (Å²) in [4.78, 5) is 0. The lowest BCUT2D eigenvalue weighted by Gasteiger charge is -2.39. The van der Waals surface area contributed by atoms with E-state index in [0.29, 0.717) is 5.92 Å². The molecule has 1 aromatic rings. The van der Waals surface area contributed by atoms with Crippen LogP contribution in [0.5, 0.6) is 0 Å². The van der Waals surface area contributed by atoms with Gasteiger partial charge in [0.2, 0.25) is 0 Å². The topological polar surface area (TPSA) is 23.8 Å². The van der Waals surface area contributed by atoms with E-state index in [9.17, 15) is 4.39 Å². The van der Waals surface area contributed by atoms with Crippen molar-refractivity contribution in [1.29, 1.82) is 5.26 Å². The monoisotopic (exact) mass is 257 g/mol. The zero-order chi connectivity index (χ0) is 13.2. The van der Waals surface area contributed by atoms with Crippen molar-refractivity contribution in [2.75, 3.05) is 0 Å². The predicted octanol–water partition coefficient (Wildman–Crippen LogP) is 4.77. The molecule has 1 nitrogen and oxygen atoms in total. The highest BCUT2D eigenvalue weighted by Gasteiger charge is 2.32. The molecule has 2 saturated carbocycles. The van der Waals surface area contributed by atoms with Crippen LogP contribution >= 0.6 is 0 Å². The van der Waals surface area contributed by atoms with E-state index >= 15 is 0 Å². The number of hydrogen-bond donors (Lipinski definition) is 0. The van der Waals surface area contributed by atoms with E-state index in [4.69, 9.17) is 5.26 Å². The van der Waals surface area contributed by atoms with Gasteiger partial charge in [-0.1, -0.05) is 31.7 Å². The summed E-state index contributed by atoms with van der Waals surface area (Å²) in [6, 6.07) is 7.08. The third kappa shape index (κ3) is 2.52. The van der Waals surface area contributed by atoms with Crippen molar-refractivity contribution in [3.63, 3.8) is 0 Å². The van der Waals surface area contributed by atoms with Gasteiger partial charge in [-0.2, -0.15) is 5.26 Å². The van der Waals surface area contributed by atoms with Crippen LogP contribution in [0.15, 0.2) is 18.2 Å². The molecule has 0 amide bonds. The minimum Gasteiger partial charge on any atom is -0.206 e. The second-order valence-electron chi connectivity index (χ2n) is 6.17. The number of hydrogen-bond acceptors (Lipinski definition) is 1. The van der Waals surface area contributed by atoms with Gasteiger partial charge < -0.3 is 0 Å².